The normalized spacial score (nSPS) is 18.3. The average Bonchev–Trinajstić information content (AvgIpc) is 2.75. The van der Waals surface area contributed by atoms with Gasteiger partial charge >= 0.3 is 0 Å². The van der Waals surface area contributed by atoms with Crippen molar-refractivity contribution in [1.82, 2.24) is 10.2 Å². The quantitative estimate of drug-likeness (QED) is 0.676. The van der Waals surface area contributed by atoms with Gasteiger partial charge < -0.3 is 5.32 Å². The Hall–Kier alpha value is 0.1000. The van der Waals surface area contributed by atoms with Gasteiger partial charge in [0.05, 0.1) is 10.0 Å². The summed E-state index contributed by atoms with van der Waals surface area (Å²) in [6.07, 6.45) is 3.61. The van der Waals surface area contributed by atoms with Crippen LogP contribution in [0, 0.1) is 0 Å². The van der Waals surface area contributed by atoms with Crippen LogP contribution in [0.5, 0.6) is 0 Å². The van der Waals surface area contributed by atoms with Crippen molar-refractivity contribution in [3.8, 4) is 0 Å². The van der Waals surface area contributed by atoms with E-state index in [-0.39, 0.29) is 5.91 Å². The highest BCUT2D eigenvalue weighted by molar-refractivity contribution is 6.68. The topological polar surface area (TPSA) is 32.3 Å². The summed E-state index contributed by atoms with van der Waals surface area (Å²) in [5.74, 6) is -0.357. The maximum atomic E-state index is 12.5. The van der Waals surface area contributed by atoms with E-state index in [2.05, 4.69) is 5.32 Å². The second-order valence-corrected chi connectivity index (χ2v) is 8.68. The van der Waals surface area contributed by atoms with Crippen LogP contribution in [0.4, 0.5) is 0 Å². The van der Waals surface area contributed by atoms with Gasteiger partial charge in [0.2, 0.25) is 3.79 Å². The Morgan fingerprint density at radius 3 is 2.17 bits per heavy atom. The first kappa shape index (κ1) is 19.4. The van der Waals surface area contributed by atoms with Crippen molar-refractivity contribution in [3.05, 3.63) is 33.8 Å². The standard InChI is InChI=1S/C15H17Cl5N2O/c16-11-6-5-10(9-12(11)17)13(23)21-14(15(18,19)20)22-7-3-1-2-4-8-22/h5-6,9,14H,1-4,7-8H2,(H,21,23). The van der Waals surface area contributed by atoms with Crippen LogP contribution in [0.25, 0.3) is 0 Å². The van der Waals surface area contributed by atoms with E-state index >= 15 is 0 Å². The summed E-state index contributed by atoms with van der Waals surface area (Å²) in [7, 11) is 0. The molecule has 0 aliphatic carbocycles. The summed E-state index contributed by atoms with van der Waals surface area (Å²) in [6.45, 7) is 1.56. The number of carbonyl (C=O) groups excluding carboxylic acids is 1. The third kappa shape index (κ3) is 5.55. The molecule has 1 aromatic carbocycles. The molecule has 1 N–H and O–H groups in total. The minimum absolute atomic E-state index is 0.305. The smallest absolute Gasteiger partial charge is 0.252 e. The zero-order chi connectivity index (χ0) is 17.0. The number of hydrogen-bond acceptors (Lipinski definition) is 2. The molecule has 1 amide bonds. The molecule has 1 fully saturated rings. The Morgan fingerprint density at radius 2 is 1.65 bits per heavy atom. The Balaban J connectivity index is 2.16. The second kappa shape index (κ2) is 8.46. The van der Waals surface area contributed by atoms with E-state index in [4.69, 9.17) is 58.0 Å². The Bertz CT molecular complexity index is 553. The van der Waals surface area contributed by atoms with E-state index in [9.17, 15) is 4.79 Å². The SMILES string of the molecule is O=C(NC(N1CCCCCC1)C(Cl)(Cl)Cl)c1ccc(Cl)c(Cl)c1. The van der Waals surface area contributed by atoms with E-state index in [1.807, 2.05) is 4.90 Å². The number of rotatable bonds is 3. The summed E-state index contributed by atoms with van der Waals surface area (Å²) in [5, 5.41) is 3.49. The molecular weight excluding hydrogens is 401 g/mol. The molecule has 1 atom stereocenters. The fourth-order valence-corrected chi connectivity index (χ4v) is 3.45. The summed E-state index contributed by atoms with van der Waals surface area (Å²) in [6, 6.07) is 4.65. The molecule has 2 rings (SSSR count). The number of nitrogens with zero attached hydrogens (tertiary/aromatic N) is 1. The summed E-state index contributed by atoms with van der Waals surface area (Å²) in [5.41, 5.74) is 0.369. The molecule has 1 saturated heterocycles. The first-order valence-electron chi connectivity index (χ1n) is 7.36. The van der Waals surface area contributed by atoms with Crippen LogP contribution >= 0.6 is 58.0 Å². The van der Waals surface area contributed by atoms with Gasteiger partial charge in [-0.3, -0.25) is 9.69 Å². The molecule has 1 aromatic rings. The number of alkyl halides is 3. The molecule has 0 bridgehead atoms. The highest BCUT2D eigenvalue weighted by Gasteiger charge is 2.38. The second-order valence-electron chi connectivity index (χ2n) is 5.50. The molecule has 1 aliphatic heterocycles. The van der Waals surface area contributed by atoms with Crippen LogP contribution < -0.4 is 5.32 Å². The minimum Gasteiger partial charge on any atom is -0.332 e. The molecule has 0 aromatic heterocycles. The summed E-state index contributed by atoms with van der Waals surface area (Å²) >= 11 is 30.1. The zero-order valence-electron chi connectivity index (χ0n) is 12.3. The van der Waals surface area contributed by atoms with Crippen molar-refractivity contribution >= 4 is 63.9 Å². The number of hydrogen-bond donors (Lipinski definition) is 1. The maximum Gasteiger partial charge on any atom is 0.252 e. The van der Waals surface area contributed by atoms with Gasteiger partial charge in [-0.15, -0.1) is 0 Å². The molecule has 8 heteroatoms. The van der Waals surface area contributed by atoms with Crippen molar-refractivity contribution in [2.75, 3.05) is 13.1 Å². The van der Waals surface area contributed by atoms with Crippen molar-refractivity contribution in [1.29, 1.82) is 0 Å². The van der Waals surface area contributed by atoms with Crippen molar-refractivity contribution in [2.45, 2.75) is 35.6 Å². The van der Waals surface area contributed by atoms with E-state index in [1.165, 1.54) is 6.07 Å². The van der Waals surface area contributed by atoms with Crippen LogP contribution in [0.2, 0.25) is 10.0 Å². The van der Waals surface area contributed by atoms with Crippen LogP contribution in [0.3, 0.4) is 0 Å². The van der Waals surface area contributed by atoms with Gasteiger partial charge in [0.15, 0.2) is 0 Å². The van der Waals surface area contributed by atoms with Crippen molar-refractivity contribution < 1.29 is 4.79 Å². The van der Waals surface area contributed by atoms with Crippen molar-refractivity contribution in [2.24, 2.45) is 0 Å². The molecule has 3 nitrogen and oxygen atoms in total. The molecule has 0 saturated carbocycles. The van der Waals surface area contributed by atoms with Gasteiger partial charge in [0.1, 0.15) is 6.17 Å². The molecule has 1 aliphatic rings. The maximum absolute atomic E-state index is 12.5. The Morgan fingerprint density at radius 1 is 1.04 bits per heavy atom. The lowest BCUT2D eigenvalue weighted by Gasteiger charge is -2.35. The molecule has 0 radical (unpaired) electrons. The lowest BCUT2D eigenvalue weighted by Crippen LogP contribution is -2.55. The predicted molar refractivity (Wildman–Crippen MR) is 98.0 cm³/mol. The van der Waals surface area contributed by atoms with Gasteiger partial charge in [-0.05, 0) is 31.0 Å². The number of likely N-dealkylation sites (tertiary alicyclic amines) is 1. The van der Waals surface area contributed by atoms with Crippen LogP contribution in [-0.4, -0.2) is 33.9 Å². The molecule has 128 valence electrons. The monoisotopic (exact) mass is 416 g/mol. The van der Waals surface area contributed by atoms with E-state index in [1.54, 1.807) is 12.1 Å². The number of halogens is 5. The molecule has 0 spiro atoms. The third-order valence-electron chi connectivity index (χ3n) is 3.77. The lowest BCUT2D eigenvalue weighted by atomic mass is 10.2. The highest BCUT2D eigenvalue weighted by Crippen LogP contribution is 2.33. The fourth-order valence-electron chi connectivity index (χ4n) is 2.58. The van der Waals surface area contributed by atoms with E-state index in [0.29, 0.717) is 15.6 Å². The Labute approximate surface area is 161 Å². The van der Waals surface area contributed by atoms with Crippen LogP contribution in [0.1, 0.15) is 36.0 Å². The zero-order valence-corrected chi connectivity index (χ0v) is 16.1. The first-order chi connectivity index (χ1) is 10.8. The summed E-state index contributed by atoms with van der Waals surface area (Å²) in [4.78, 5) is 14.5. The van der Waals surface area contributed by atoms with Gasteiger partial charge in [0, 0.05) is 18.7 Å². The number of carbonyl (C=O) groups is 1. The van der Waals surface area contributed by atoms with Crippen LogP contribution in [-0.2, 0) is 0 Å². The fraction of sp³-hybridized carbons (Fsp3) is 0.533. The first-order valence-corrected chi connectivity index (χ1v) is 9.24. The van der Waals surface area contributed by atoms with Gasteiger partial charge in [-0.1, -0.05) is 70.8 Å². The number of amides is 1. The molecule has 1 heterocycles. The predicted octanol–water partition coefficient (Wildman–Crippen LogP) is 5.30. The Kier molecular flexibility index (Phi) is 7.15. The minimum atomic E-state index is -1.63. The number of nitrogens with one attached hydrogen (secondary N) is 1. The lowest BCUT2D eigenvalue weighted by molar-refractivity contribution is 0.0853. The third-order valence-corrected chi connectivity index (χ3v) is 5.12. The average molecular weight is 419 g/mol. The van der Waals surface area contributed by atoms with Gasteiger partial charge in [-0.2, -0.15) is 0 Å². The molecular formula is C15H17Cl5N2O. The number of benzene rings is 1. The van der Waals surface area contributed by atoms with E-state index < -0.39 is 9.96 Å². The van der Waals surface area contributed by atoms with E-state index in [0.717, 1.165) is 38.8 Å². The van der Waals surface area contributed by atoms with Crippen molar-refractivity contribution in [3.63, 3.8) is 0 Å². The van der Waals surface area contributed by atoms with Gasteiger partial charge in [0.25, 0.3) is 5.91 Å². The van der Waals surface area contributed by atoms with Gasteiger partial charge in [-0.25, -0.2) is 0 Å². The molecule has 23 heavy (non-hydrogen) atoms. The molecule has 1 unspecified atom stereocenters. The highest BCUT2D eigenvalue weighted by atomic mass is 35.6. The largest absolute Gasteiger partial charge is 0.332 e. The van der Waals surface area contributed by atoms with Crippen LogP contribution in [0.15, 0.2) is 18.2 Å². The summed E-state index contributed by atoms with van der Waals surface area (Å²) < 4.78 is -1.63.